The van der Waals surface area contributed by atoms with Crippen molar-refractivity contribution in [3.05, 3.63) is 42.1 Å². The van der Waals surface area contributed by atoms with Gasteiger partial charge in [0.2, 0.25) is 5.92 Å². The number of anilines is 2. The van der Waals surface area contributed by atoms with Crippen LogP contribution in [0.3, 0.4) is 0 Å². The minimum atomic E-state index is -1.75. The highest BCUT2D eigenvalue weighted by atomic mass is 16.5. The number of carbonyl (C=O) groups excluding carboxylic acids is 3. The van der Waals surface area contributed by atoms with E-state index in [1.165, 1.54) is 12.3 Å². The molecule has 2 heterocycles. The number of hydroxylamine groups is 1. The molecule has 0 bridgehead atoms. The molecular weight excluding hydrogens is 390 g/mol. The van der Waals surface area contributed by atoms with Gasteiger partial charge in [-0.2, -0.15) is 0 Å². The lowest BCUT2D eigenvalue weighted by Crippen LogP contribution is -2.49. The van der Waals surface area contributed by atoms with Crippen molar-refractivity contribution in [1.82, 2.24) is 0 Å². The van der Waals surface area contributed by atoms with Crippen LogP contribution in [0, 0.1) is 5.92 Å². The van der Waals surface area contributed by atoms with Crippen LogP contribution in [0.25, 0.3) is 0 Å². The number of esters is 1. The summed E-state index contributed by atoms with van der Waals surface area (Å²) in [7, 11) is 0. The molecule has 0 fully saturated rings. The van der Waals surface area contributed by atoms with Gasteiger partial charge in [-0.3, -0.25) is 9.59 Å². The van der Waals surface area contributed by atoms with Gasteiger partial charge in [0.25, 0.3) is 0 Å². The molecular formula is C21H24N3O6+. The minimum Gasteiger partial charge on any atom is -0.465 e. The van der Waals surface area contributed by atoms with Gasteiger partial charge in [0.05, 0.1) is 6.61 Å². The number of nitrogens with one attached hydrogen (secondary N) is 1. The van der Waals surface area contributed by atoms with E-state index in [0.29, 0.717) is 5.75 Å². The number of ether oxygens (including phenoxy) is 2. The highest BCUT2D eigenvalue weighted by molar-refractivity contribution is 6.29. The summed E-state index contributed by atoms with van der Waals surface area (Å²) >= 11 is 0. The third-order valence-corrected chi connectivity index (χ3v) is 4.81. The number of Topliss-reactive ketones (excluding diaryl/α,β-unsaturated/α-hetero) is 1. The van der Waals surface area contributed by atoms with E-state index in [0.717, 1.165) is 18.8 Å². The van der Waals surface area contributed by atoms with E-state index in [2.05, 4.69) is 23.7 Å². The van der Waals surface area contributed by atoms with Crippen molar-refractivity contribution in [2.24, 2.45) is 5.92 Å². The van der Waals surface area contributed by atoms with E-state index in [1.54, 1.807) is 19.1 Å². The Morgan fingerprint density at radius 1 is 1.13 bits per heavy atom. The van der Waals surface area contributed by atoms with Crippen LogP contribution < -0.4 is 19.7 Å². The molecule has 0 radical (unpaired) electrons. The van der Waals surface area contributed by atoms with Crippen LogP contribution in [0.2, 0.25) is 0 Å². The van der Waals surface area contributed by atoms with E-state index >= 15 is 0 Å². The van der Waals surface area contributed by atoms with E-state index in [1.807, 2.05) is 12.1 Å². The average molecular weight is 414 g/mol. The number of H-pyrrole nitrogens is 1. The number of hydrogen-bond acceptors (Lipinski definition) is 7. The van der Waals surface area contributed by atoms with Gasteiger partial charge in [0, 0.05) is 24.8 Å². The fraction of sp³-hybridized carbons (Fsp3) is 0.333. The molecule has 1 amide bonds. The number of carbonyl (C=O) groups is 3. The van der Waals surface area contributed by atoms with E-state index in [9.17, 15) is 19.6 Å². The summed E-state index contributed by atoms with van der Waals surface area (Å²) in [6, 6.07) is 8.84. The average Bonchev–Trinajstić information content (AvgIpc) is 2.74. The zero-order valence-electron chi connectivity index (χ0n) is 17.0. The van der Waals surface area contributed by atoms with Crippen molar-refractivity contribution in [2.45, 2.75) is 20.8 Å². The Morgan fingerprint density at radius 3 is 2.40 bits per heavy atom. The molecule has 158 valence electrons. The number of aromatic amines is 1. The van der Waals surface area contributed by atoms with Gasteiger partial charge in [-0.05, 0) is 50.1 Å². The summed E-state index contributed by atoms with van der Waals surface area (Å²) in [4.78, 5) is 41.9. The maximum Gasteiger partial charge on any atom is 0.362 e. The van der Waals surface area contributed by atoms with E-state index in [4.69, 9.17) is 9.47 Å². The first kappa shape index (κ1) is 21.3. The lowest BCUT2D eigenvalue weighted by Gasteiger charge is -2.21. The second-order valence-corrected chi connectivity index (χ2v) is 6.57. The summed E-state index contributed by atoms with van der Waals surface area (Å²) in [5.74, 6) is -3.89. The molecule has 0 aliphatic carbocycles. The molecule has 30 heavy (non-hydrogen) atoms. The van der Waals surface area contributed by atoms with Gasteiger partial charge in [-0.1, -0.05) is 0 Å². The molecule has 1 unspecified atom stereocenters. The first-order valence-corrected chi connectivity index (χ1v) is 9.73. The van der Waals surface area contributed by atoms with Crippen LogP contribution in [0.1, 0.15) is 31.1 Å². The van der Waals surface area contributed by atoms with Gasteiger partial charge in [0.1, 0.15) is 17.5 Å². The Bertz CT molecular complexity index is 956. The molecule has 1 aliphatic heterocycles. The van der Waals surface area contributed by atoms with Crippen LogP contribution >= 0.6 is 0 Å². The maximum atomic E-state index is 12.7. The number of amides is 1. The lowest BCUT2D eigenvalue weighted by atomic mass is 9.93. The van der Waals surface area contributed by atoms with Crippen molar-refractivity contribution < 1.29 is 34.0 Å². The summed E-state index contributed by atoms with van der Waals surface area (Å²) in [5.41, 5.74) is 1.01. The Labute approximate surface area is 173 Å². The zero-order chi connectivity index (χ0) is 21.8. The summed E-state index contributed by atoms with van der Waals surface area (Å²) in [5, 5.41) is 10.3. The Balaban J connectivity index is 1.86. The van der Waals surface area contributed by atoms with Gasteiger partial charge in [0.15, 0.2) is 11.5 Å². The molecule has 1 atom stereocenters. The molecule has 1 aromatic heterocycles. The fourth-order valence-electron chi connectivity index (χ4n) is 3.27. The van der Waals surface area contributed by atoms with Crippen LogP contribution in [0.4, 0.5) is 11.5 Å². The Hall–Kier alpha value is -3.46. The molecule has 0 saturated carbocycles. The molecule has 2 aromatic rings. The summed E-state index contributed by atoms with van der Waals surface area (Å²) in [6.45, 7) is 7.49. The largest absolute Gasteiger partial charge is 0.465 e. The topological polar surface area (TPSA) is 111 Å². The number of aromatic nitrogens is 1. The predicted octanol–water partition coefficient (Wildman–Crippen LogP) is 2.24. The van der Waals surface area contributed by atoms with Gasteiger partial charge >= 0.3 is 17.7 Å². The number of hydrogen-bond donors (Lipinski definition) is 1. The number of rotatable bonds is 7. The smallest absolute Gasteiger partial charge is 0.362 e. The monoisotopic (exact) mass is 414 g/mol. The van der Waals surface area contributed by atoms with E-state index in [-0.39, 0.29) is 28.8 Å². The van der Waals surface area contributed by atoms with Crippen LogP contribution in [-0.4, -0.2) is 42.6 Å². The number of ketones is 1. The Kier molecular flexibility index (Phi) is 6.31. The third-order valence-electron chi connectivity index (χ3n) is 4.81. The van der Waals surface area contributed by atoms with Crippen LogP contribution in [0.5, 0.6) is 11.5 Å². The first-order valence-electron chi connectivity index (χ1n) is 9.73. The van der Waals surface area contributed by atoms with Crippen molar-refractivity contribution in [2.75, 3.05) is 29.7 Å². The second-order valence-electron chi connectivity index (χ2n) is 6.57. The van der Waals surface area contributed by atoms with Gasteiger partial charge in [-0.15, -0.1) is 0 Å². The first-order chi connectivity index (χ1) is 14.4. The molecule has 0 saturated heterocycles. The van der Waals surface area contributed by atoms with Crippen molar-refractivity contribution in [3.8, 4) is 11.5 Å². The number of fused-ring (bicyclic) bond motifs is 1. The van der Waals surface area contributed by atoms with Gasteiger partial charge < -0.3 is 14.4 Å². The Morgan fingerprint density at radius 2 is 1.80 bits per heavy atom. The quantitative estimate of drug-likeness (QED) is 0.420. The molecule has 2 N–H and O–H groups in total. The van der Waals surface area contributed by atoms with Crippen molar-refractivity contribution in [3.63, 3.8) is 0 Å². The molecule has 9 nitrogen and oxygen atoms in total. The zero-order valence-corrected chi connectivity index (χ0v) is 17.0. The highest BCUT2D eigenvalue weighted by Crippen LogP contribution is 2.31. The molecule has 1 aromatic carbocycles. The number of nitrogens with zero attached hydrogens (tertiary/aromatic N) is 2. The number of pyridine rings is 1. The summed E-state index contributed by atoms with van der Waals surface area (Å²) < 4.78 is 10.6. The second kappa shape index (κ2) is 8.91. The standard InChI is InChI=1S/C21H23N3O6/c1-4-23(5-2)13-7-9-14(10-8-13)30-15-11-16-18(25)17(21(27)29-6-3)20(26)24(28)19(16)22-12-15/h7-12,17,28H,4-6H2,1-3H3/p+1. The lowest BCUT2D eigenvalue weighted by molar-refractivity contribution is -0.368. The van der Waals surface area contributed by atoms with Crippen molar-refractivity contribution >= 4 is 29.2 Å². The van der Waals surface area contributed by atoms with Crippen molar-refractivity contribution in [1.29, 1.82) is 0 Å². The normalized spacial score (nSPS) is 15.6. The van der Waals surface area contributed by atoms with Crippen LogP contribution in [0.15, 0.2) is 36.5 Å². The number of benzene rings is 1. The minimum absolute atomic E-state index is 0.00689. The summed E-state index contributed by atoms with van der Waals surface area (Å²) in [6.07, 6.45) is 1.41. The third kappa shape index (κ3) is 3.97. The molecule has 0 spiro atoms. The molecule has 3 rings (SSSR count). The molecule has 1 aliphatic rings. The van der Waals surface area contributed by atoms with Crippen LogP contribution in [-0.2, 0) is 14.3 Å². The van der Waals surface area contributed by atoms with E-state index < -0.39 is 23.6 Å². The molecule has 9 heteroatoms. The highest BCUT2D eigenvalue weighted by Gasteiger charge is 2.51. The predicted molar refractivity (Wildman–Crippen MR) is 107 cm³/mol. The fourth-order valence-corrected chi connectivity index (χ4v) is 3.27. The van der Waals surface area contributed by atoms with Gasteiger partial charge in [-0.25, -0.2) is 15.0 Å². The SMILES string of the molecule is CCOC(=O)C1C(=O)c2cc(Oc3ccc(N(CC)CC)cc3)c[nH+]c2N(O)C1=O. The maximum absolute atomic E-state index is 12.7.